The second kappa shape index (κ2) is 4.90. The summed E-state index contributed by atoms with van der Waals surface area (Å²) in [5.41, 5.74) is 0.813. The molecule has 0 unspecified atom stereocenters. The number of hydrogen-bond acceptors (Lipinski definition) is 3. The van der Waals surface area contributed by atoms with Crippen molar-refractivity contribution in [1.29, 1.82) is 0 Å². The molecule has 1 heterocycles. The van der Waals surface area contributed by atoms with Gasteiger partial charge in [-0.1, -0.05) is 39.8 Å². The third-order valence-electron chi connectivity index (χ3n) is 2.46. The standard InChI is InChI=1S/C13H22N2O2/c1-8(2)7-10(16)14-12-9(3)11(17-15-12)13(4,5)6/h8H,7H2,1-6H3,(H,14,15,16). The van der Waals surface area contributed by atoms with Crippen LogP contribution >= 0.6 is 0 Å². The Bertz CT molecular complexity index is 400. The van der Waals surface area contributed by atoms with Gasteiger partial charge in [-0.2, -0.15) is 0 Å². The molecule has 1 aromatic rings. The number of aromatic nitrogens is 1. The van der Waals surface area contributed by atoms with Crippen molar-refractivity contribution in [2.24, 2.45) is 5.92 Å². The van der Waals surface area contributed by atoms with Crippen LogP contribution in [-0.2, 0) is 10.2 Å². The van der Waals surface area contributed by atoms with Gasteiger partial charge in [-0.25, -0.2) is 0 Å². The molecule has 1 N–H and O–H groups in total. The van der Waals surface area contributed by atoms with E-state index in [1.54, 1.807) is 0 Å². The van der Waals surface area contributed by atoms with Crippen molar-refractivity contribution in [3.8, 4) is 0 Å². The Kier molecular flexibility index (Phi) is 3.96. The largest absolute Gasteiger partial charge is 0.358 e. The second-order valence-corrected chi connectivity index (χ2v) is 5.88. The predicted molar refractivity (Wildman–Crippen MR) is 68.0 cm³/mol. The summed E-state index contributed by atoms with van der Waals surface area (Å²) in [5, 5.41) is 6.71. The Morgan fingerprint density at radius 1 is 1.41 bits per heavy atom. The van der Waals surface area contributed by atoms with Gasteiger partial charge in [0.1, 0.15) is 5.76 Å². The molecule has 0 aliphatic rings. The van der Waals surface area contributed by atoms with E-state index >= 15 is 0 Å². The average Bonchev–Trinajstić information content (AvgIpc) is 2.45. The highest BCUT2D eigenvalue weighted by Gasteiger charge is 2.24. The molecule has 0 bridgehead atoms. The molecule has 1 rings (SSSR count). The van der Waals surface area contributed by atoms with Gasteiger partial charge >= 0.3 is 0 Å². The number of hydrogen-bond donors (Lipinski definition) is 1. The van der Waals surface area contributed by atoms with Crippen molar-refractivity contribution in [3.05, 3.63) is 11.3 Å². The van der Waals surface area contributed by atoms with E-state index in [9.17, 15) is 4.79 Å². The van der Waals surface area contributed by atoms with Crippen LogP contribution in [0.3, 0.4) is 0 Å². The maximum Gasteiger partial charge on any atom is 0.225 e. The SMILES string of the molecule is Cc1c(NC(=O)CC(C)C)noc1C(C)(C)C. The molecule has 0 fully saturated rings. The zero-order valence-corrected chi connectivity index (χ0v) is 11.5. The Hall–Kier alpha value is -1.32. The summed E-state index contributed by atoms with van der Waals surface area (Å²) in [6, 6.07) is 0. The fourth-order valence-corrected chi connectivity index (χ4v) is 1.71. The molecular weight excluding hydrogens is 216 g/mol. The molecule has 96 valence electrons. The summed E-state index contributed by atoms with van der Waals surface area (Å²) >= 11 is 0. The second-order valence-electron chi connectivity index (χ2n) is 5.88. The van der Waals surface area contributed by atoms with Crippen LogP contribution in [0, 0.1) is 12.8 Å². The fraction of sp³-hybridized carbons (Fsp3) is 0.692. The van der Waals surface area contributed by atoms with Gasteiger partial charge in [0, 0.05) is 17.4 Å². The lowest BCUT2D eigenvalue weighted by molar-refractivity contribution is -0.116. The smallest absolute Gasteiger partial charge is 0.225 e. The Labute approximate surface area is 103 Å². The van der Waals surface area contributed by atoms with E-state index in [1.165, 1.54) is 0 Å². The zero-order chi connectivity index (χ0) is 13.2. The first kappa shape index (κ1) is 13.7. The normalized spacial score (nSPS) is 11.9. The molecule has 0 atom stereocenters. The third-order valence-corrected chi connectivity index (χ3v) is 2.46. The maximum atomic E-state index is 11.6. The summed E-state index contributed by atoms with van der Waals surface area (Å²) in [5.74, 6) is 1.68. The Morgan fingerprint density at radius 2 is 2.00 bits per heavy atom. The van der Waals surface area contributed by atoms with E-state index in [2.05, 4.69) is 31.2 Å². The van der Waals surface area contributed by atoms with Crippen LogP contribution in [0.1, 0.15) is 52.4 Å². The third kappa shape index (κ3) is 3.58. The van der Waals surface area contributed by atoms with Crippen molar-refractivity contribution in [1.82, 2.24) is 5.16 Å². The molecule has 0 aliphatic carbocycles. The summed E-state index contributed by atoms with van der Waals surface area (Å²) in [6.07, 6.45) is 0.497. The van der Waals surface area contributed by atoms with Gasteiger partial charge in [-0.15, -0.1) is 0 Å². The molecule has 4 heteroatoms. The van der Waals surface area contributed by atoms with E-state index in [4.69, 9.17) is 4.52 Å². The maximum absolute atomic E-state index is 11.6. The molecule has 17 heavy (non-hydrogen) atoms. The highest BCUT2D eigenvalue weighted by atomic mass is 16.5. The summed E-state index contributed by atoms with van der Waals surface area (Å²) in [7, 11) is 0. The van der Waals surface area contributed by atoms with Gasteiger partial charge < -0.3 is 9.84 Å². The first-order chi connectivity index (χ1) is 7.71. The lowest BCUT2D eigenvalue weighted by atomic mass is 9.91. The van der Waals surface area contributed by atoms with E-state index in [-0.39, 0.29) is 11.3 Å². The monoisotopic (exact) mass is 238 g/mol. The minimum atomic E-state index is -0.0991. The highest BCUT2D eigenvalue weighted by molar-refractivity contribution is 5.90. The van der Waals surface area contributed by atoms with Crippen molar-refractivity contribution in [2.75, 3.05) is 5.32 Å². The highest BCUT2D eigenvalue weighted by Crippen LogP contribution is 2.29. The number of amides is 1. The van der Waals surface area contributed by atoms with E-state index in [0.717, 1.165) is 11.3 Å². The van der Waals surface area contributed by atoms with Crippen LogP contribution in [0.15, 0.2) is 4.52 Å². The molecule has 0 saturated carbocycles. The lowest BCUT2D eigenvalue weighted by Gasteiger charge is -2.14. The zero-order valence-electron chi connectivity index (χ0n) is 11.5. The number of carbonyl (C=O) groups excluding carboxylic acids is 1. The molecule has 0 aromatic carbocycles. The van der Waals surface area contributed by atoms with Gasteiger partial charge in [0.15, 0.2) is 5.82 Å². The van der Waals surface area contributed by atoms with Crippen molar-refractivity contribution < 1.29 is 9.32 Å². The lowest BCUT2D eigenvalue weighted by Crippen LogP contribution is -2.15. The van der Waals surface area contributed by atoms with E-state index < -0.39 is 0 Å². The Balaban J connectivity index is 2.81. The summed E-state index contributed by atoms with van der Waals surface area (Å²) < 4.78 is 5.30. The fourth-order valence-electron chi connectivity index (χ4n) is 1.71. The van der Waals surface area contributed by atoms with Crippen LogP contribution in [0.25, 0.3) is 0 Å². The van der Waals surface area contributed by atoms with E-state index in [0.29, 0.717) is 18.2 Å². The topological polar surface area (TPSA) is 55.1 Å². The number of nitrogens with zero attached hydrogens (tertiary/aromatic N) is 1. The number of rotatable bonds is 3. The van der Waals surface area contributed by atoms with Gasteiger partial charge in [-0.3, -0.25) is 4.79 Å². The molecule has 0 radical (unpaired) electrons. The predicted octanol–water partition coefficient (Wildman–Crippen LogP) is 3.27. The molecular formula is C13H22N2O2. The van der Waals surface area contributed by atoms with Gasteiger partial charge in [0.2, 0.25) is 5.91 Å². The summed E-state index contributed by atoms with van der Waals surface area (Å²) in [6.45, 7) is 12.1. The summed E-state index contributed by atoms with van der Waals surface area (Å²) in [4.78, 5) is 11.6. The quantitative estimate of drug-likeness (QED) is 0.879. The molecule has 1 amide bonds. The van der Waals surface area contributed by atoms with Gasteiger partial charge in [-0.05, 0) is 12.8 Å². The van der Waals surface area contributed by atoms with Gasteiger partial charge in [0.05, 0.1) is 0 Å². The molecule has 4 nitrogen and oxygen atoms in total. The number of carbonyl (C=O) groups is 1. The number of anilines is 1. The van der Waals surface area contributed by atoms with Crippen LogP contribution in [0.5, 0.6) is 0 Å². The first-order valence-corrected chi connectivity index (χ1v) is 5.98. The van der Waals surface area contributed by atoms with E-state index in [1.807, 2.05) is 20.8 Å². The first-order valence-electron chi connectivity index (χ1n) is 5.98. The Morgan fingerprint density at radius 3 is 2.41 bits per heavy atom. The van der Waals surface area contributed by atoms with Crippen LogP contribution in [0.4, 0.5) is 5.82 Å². The minimum Gasteiger partial charge on any atom is -0.358 e. The molecule has 1 aromatic heterocycles. The molecule has 0 saturated heterocycles. The molecule has 0 aliphatic heterocycles. The average molecular weight is 238 g/mol. The van der Waals surface area contributed by atoms with Crippen LogP contribution in [-0.4, -0.2) is 11.1 Å². The van der Waals surface area contributed by atoms with Crippen LogP contribution in [0.2, 0.25) is 0 Å². The van der Waals surface area contributed by atoms with Crippen molar-refractivity contribution >= 4 is 11.7 Å². The van der Waals surface area contributed by atoms with Crippen LogP contribution < -0.4 is 5.32 Å². The minimum absolute atomic E-state index is 0.0168. The number of nitrogens with one attached hydrogen (secondary N) is 1. The molecule has 0 spiro atoms. The van der Waals surface area contributed by atoms with Crippen molar-refractivity contribution in [3.63, 3.8) is 0 Å². The van der Waals surface area contributed by atoms with Crippen molar-refractivity contribution in [2.45, 2.75) is 53.4 Å². The van der Waals surface area contributed by atoms with Gasteiger partial charge in [0.25, 0.3) is 0 Å².